The second kappa shape index (κ2) is 10.6. The molecule has 1 heterocycles. The van der Waals surface area contributed by atoms with Gasteiger partial charge >= 0.3 is 0 Å². The molecule has 0 fully saturated rings. The topological polar surface area (TPSA) is 85.4 Å². The van der Waals surface area contributed by atoms with E-state index in [1.165, 1.54) is 11.3 Å². The van der Waals surface area contributed by atoms with Crippen molar-refractivity contribution in [3.05, 3.63) is 81.3 Å². The lowest BCUT2D eigenvalue weighted by molar-refractivity contribution is 0.0949. The Kier molecular flexibility index (Phi) is 7.84. The number of halogens is 1. The van der Waals surface area contributed by atoms with Crippen LogP contribution < -0.4 is 10.1 Å². The maximum absolute atomic E-state index is 12.2. The Bertz CT molecular complexity index is 1070. The van der Waals surface area contributed by atoms with E-state index in [2.05, 4.69) is 10.3 Å². The van der Waals surface area contributed by atoms with Crippen molar-refractivity contribution in [3.63, 3.8) is 0 Å². The van der Waals surface area contributed by atoms with Crippen molar-refractivity contribution in [3.8, 4) is 5.75 Å². The third-order valence-corrected chi connectivity index (χ3v) is 6.87. The minimum atomic E-state index is -3.22. The van der Waals surface area contributed by atoms with Gasteiger partial charge in [-0.15, -0.1) is 11.3 Å². The average molecular weight is 465 g/mol. The molecule has 1 N–H and O–H groups in total. The molecule has 0 spiro atoms. The Hall–Kier alpha value is -2.42. The van der Waals surface area contributed by atoms with Crippen LogP contribution in [0.15, 0.2) is 60.0 Å². The van der Waals surface area contributed by atoms with E-state index < -0.39 is 9.84 Å². The van der Waals surface area contributed by atoms with E-state index in [0.29, 0.717) is 27.9 Å². The monoisotopic (exact) mass is 464 g/mol. The van der Waals surface area contributed by atoms with Crippen LogP contribution in [0.25, 0.3) is 0 Å². The number of carbonyl (C=O) groups is 1. The average Bonchev–Trinajstić information content (AvgIpc) is 3.20. The fourth-order valence-electron chi connectivity index (χ4n) is 2.64. The zero-order valence-electron chi connectivity index (χ0n) is 16.1. The molecule has 1 amide bonds. The summed E-state index contributed by atoms with van der Waals surface area (Å²) in [6.07, 6.45) is 0.345. The minimum Gasteiger partial charge on any atom is -0.486 e. The SMILES string of the molecule is O=C(NCCCS(=O)(=O)Cc1ccccc1)c1csc(COc2ccc(Cl)cc2)n1. The number of amides is 1. The van der Waals surface area contributed by atoms with Crippen molar-refractivity contribution < 1.29 is 17.9 Å². The van der Waals surface area contributed by atoms with E-state index in [4.69, 9.17) is 16.3 Å². The maximum atomic E-state index is 12.2. The fourth-order valence-corrected chi connectivity index (χ4v) is 4.88. The first-order valence-electron chi connectivity index (χ1n) is 9.27. The number of hydrogen-bond donors (Lipinski definition) is 1. The molecule has 158 valence electrons. The Morgan fingerprint density at radius 1 is 1.10 bits per heavy atom. The summed E-state index contributed by atoms with van der Waals surface area (Å²) in [5.41, 5.74) is 1.05. The van der Waals surface area contributed by atoms with E-state index in [1.807, 2.05) is 18.2 Å². The van der Waals surface area contributed by atoms with Crippen LogP contribution in [0.4, 0.5) is 0 Å². The van der Waals surface area contributed by atoms with Gasteiger partial charge in [0.15, 0.2) is 9.84 Å². The lowest BCUT2D eigenvalue weighted by atomic mass is 10.2. The molecule has 0 radical (unpaired) electrons. The molecule has 1 aromatic heterocycles. The molecule has 9 heteroatoms. The highest BCUT2D eigenvalue weighted by Crippen LogP contribution is 2.18. The van der Waals surface area contributed by atoms with Crippen LogP contribution in [-0.2, 0) is 22.2 Å². The smallest absolute Gasteiger partial charge is 0.270 e. The molecule has 0 aliphatic carbocycles. The molecule has 0 atom stereocenters. The van der Waals surface area contributed by atoms with Crippen LogP contribution in [-0.4, -0.2) is 31.6 Å². The van der Waals surface area contributed by atoms with Crippen LogP contribution >= 0.6 is 22.9 Å². The first kappa shape index (κ1) is 22.3. The molecule has 3 aromatic rings. The number of rotatable bonds is 10. The molecule has 3 rings (SSSR count). The normalized spacial score (nSPS) is 11.2. The summed E-state index contributed by atoms with van der Waals surface area (Å²) in [5, 5.41) is 5.66. The number of sulfone groups is 1. The Morgan fingerprint density at radius 3 is 2.57 bits per heavy atom. The van der Waals surface area contributed by atoms with Crippen molar-refractivity contribution in [2.24, 2.45) is 0 Å². The van der Waals surface area contributed by atoms with Gasteiger partial charge in [-0.1, -0.05) is 41.9 Å². The van der Waals surface area contributed by atoms with Crippen LogP contribution in [0.5, 0.6) is 5.75 Å². The van der Waals surface area contributed by atoms with Gasteiger partial charge in [0.1, 0.15) is 23.1 Å². The van der Waals surface area contributed by atoms with Crippen molar-refractivity contribution in [2.45, 2.75) is 18.8 Å². The van der Waals surface area contributed by atoms with Gasteiger partial charge in [-0.3, -0.25) is 4.79 Å². The molecule has 0 saturated carbocycles. The largest absolute Gasteiger partial charge is 0.486 e. The van der Waals surface area contributed by atoms with E-state index in [9.17, 15) is 13.2 Å². The highest BCUT2D eigenvalue weighted by molar-refractivity contribution is 7.90. The van der Waals surface area contributed by atoms with Gasteiger partial charge in [0.25, 0.3) is 5.91 Å². The zero-order chi connectivity index (χ0) is 21.4. The molecule has 0 saturated heterocycles. The molecule has 30 heavy (non-hydrogen) atoms. The van der Waals surface area contributed by atoms with Gasteiger partial charge in [-0.05, 0) is 36.2 Å². The molecule has 0 unspecified atom stereocenters. The number of aromatic nitrogens is 1. The predicted molar refractivity (Wildman–Crippen MR) is 119 cm³/mol. The highest BCUT2D eigenvalue weighted by atomic mass is 35.5. The third kappa shape index (κ3) is 7.12. The summed E-state index contributed by atoms with van der Waals surface area (Å²) in [6, 6.07) is 16.0. The van der Waals surface area contributed by atoms with Gasteiger partial charge in [0.05, 0.1) is 11.5 Å². The number of nitrogens with zero attached hydrogens (tertiary/aromatic N) is 1. The van der Waals surface area contributed by atoms with Gasteiger partial charge in [0.2, 0.25) is 0 Å². The Balaban J connectivity index is 1.40. The van der Waals surface area contributed by atoms with Crippen LogP contribution in [0.3, 0.4) is 0 Å². The van der Waals surface area contributed by atoms with Gasteiger partial charge in [-0.2, -0.15) is 0 Å². The summed E-state index contributed by atoms with van der Waals surface area (Å²) in [7, 11) is -3.22. The Labute approximate surface area is 184 Å². The van der Waals surface area contributed by atoms with Gasteiger partial charge in [0, 0.05) is 16.9 Å². The standard InChI is InChI=1S/C21H21ClN2O4S2/c22-17-7-9-18(10-8-17)28-13-20-24-19(14-29-20)21(25)23-11-4-12-30(26,27)15-16-5-2-1-3-6-16/h1-3,5-10,14H,4,11-13,15H2,(H,23,25). The molecule has 0 aliphatic heterocycles. The molecule has 0 aliphatic rings. The Morgan fingerprint density at radius 2 is 1.83 bits per heavy atom. The third-order valence-electron chi connectivity index (χ3n) is 4.11. The van der Waals surface area contributed by atoms with Crippen LogP contribution in [0, 0.1) is 0 Å². The number of nitrogens with one attached hydrogen (secondary N) is 1. The summed E-state index contributed by atoms with van der Waals surface area (Å²) >= 11 is 7.16. The first-order valence-corrected chi connectivity index (χ1v) is 12.3. The predicted octanol–water partition coefficient (Wildman–Crippen LogP) is 4.11. The van der Waals surface area contributed by atoms with Crippen molar-refractivity contribution >= 4 is 38.7 Å². The zero-order valence-corrected chi connectivity index (χ0v) is 18.5. The molecular weight excluding hydrogens is 444 g/mol. The summed E-state index contributed by atoms with van der Waals surface area (Å²) in [5.74, 6) is 0.353. The number of benzene rings is 2. The van der Waals surface area contributed by atoms with Crippen molar-refractivity contribution in [1.29, 1.82) is 0 Å². The summed E-state index contributed by atoms with van der Waals surface area (Å²) in [6.45, 7) is 0.512. The number of ether oxygens (including phenoxy) is 1. The van der Waals surface area contributed by atoms with E-state index in [0.717, 1.165) is 5.56 Å². The summed E-state index contributed by atoms with van der Waals surface area (Å²) in [4.78, 5) is 16.5. The number of carbonyl (C=O) groups excluding carboxylic acids is 1. The van der Waals surface area contributed by atoms with Crippen molar-refractivity contribution in [2.75, 3.05) is 12.3 Å². The van der Waals surface area contributed by atoms with E-state index >= 15 is 0 Å². The fraction of sp³-hybridized carbons (Fsp3) is 0.238. The van der Waals surface area contributed by atoms with Crippen molar-refractivity contribution in [1.82, 2.24) is 10.3 Å². The molecule has 6 nitrogen and oxygen atoms in total. The highest BCUT2D eigenvalue weighted by Gasteiger charge is 2.14. The minimum absolute atomic E-state index is 0.00481. The first-order chi connectivity index (χ1) is 14.4. The summed E-state index contributed by atoms with van der Waals surface area (Å²) < 4.78 is 30.0. The second-order valence-electron chi connectivity index (χ2n) is 6.56. The van der Waals surface area contributed by atoms with Crippen LogP contribution in [0.2, 0.25) is 5.02 Å². The maximum Gasteiger partial charge on any atom is 0.270 e. The quantitative estimate of drug-likeness (QED) is 0.456. The lowest BCUT2D eigenvalue weighted by Gasteiger charge is -2.06. The molecular formula is C21H21ClN2O4S2. The van der Waals surface area contributed by atoms with E-state index in [-0.39, 0.29) is 30.6 Å². The number of thiazole rings is 1. The lowest BCUT2D eigenvalue weighted by Crippen LogP contribution is -2.26. The molecule has 0 bridgehead atoms. The van der Waals surface area contributed by atoms with E-state index in [1.54, 1.807) is 41.8 Å². The number of hydrogen-bond acceptors (Lipinski definition) is 6. The molecule has 2 aromatic carbocycles. The van der Waals surface area contributed by atoms with Crippen LogP contribution in [0.1, 0.15) is 27.5 Å². The second-order valence-corrected chi connectivity index (χ2v) is 10.1. The van der Waals surface area contributed by atoms with Gasteiger partial charge in [-0.25, -0.2) is 13.4 Å². The van der Waals surface area contributed by atoms with Gasteiger partial charge < -0.3 is 10.1 Å².